The number of ether oxygens (including phenoxy) is 1. The number of anilines is 1. The molecule has 1 aliphatic carbocycles. The van der Waals surface area contributed by atoms with Gasteiger partial charge >= 0.3 is 6.09 Å². The van der Waals surface area contributed by atoms with Crippen LogP contribution in [0.15, 0.2) is 120 Å². The molecule has 0 fully saturated rings. The second-order valence-corrected chi connectivity index (χ2v) is 23.5. The Morgan fingerprint density at radius 2 is 1.42 bits per heavy atom. The van der Waals surface area contributed by atoms with Gasteiger partial charge in [0.2, 0.25) is 5.69 Å². The van der Waals surface area contributed by atoms with Gasteiger partial charge in [0.1, 0.15) is 22.0 Å². The Morgan fingerprint density at radius 3 is 2.06 bits per heavy atom. The lowest BCUT2D eigenvalue weighted by Gasteiger charge is -2.28. The quantitative estimate of drug-likeness (QED) is 0.0754. The molecule has 2 aliphatic heterocycles. The monoisotopic (exact) mass is 906 g/mol. The SMILES string of the molecule is CN(C(=O)OC(C)(C)C)C1=C(/C=C/C2=[N+](CCCCS(=O)(=O)O)c3ccc4ccccc4c3C2(C)C)CCC1=C/C=C1/N(CCCCS(C)(=O)=O)c2ccc3ccccc3c2C1(C)C. The molecule has 0 saturated heterocycles. The first kappa shape index (κ1) is 46.9. The van der Waals surface area contributed by atoms with Gasteiger partial charge in [-0.3, -0.25) is 9.45 Å². The molecule has 12 heteroatoms. The molecular formula is C52H64N3O7S2+. The minimum absolute atomic E-state index is 0.143. The van der Waals surface area contributed by atoms with Crippen LogP contribution >= 0.6 is 0 Å². The van der Waals surface area contributed by atoms with Crippen LogP contribution < -0.4 is 4.90 Å². The molecule has 7 rings (SSSR count). The second kappa shape index (κ2) is 17.7. The number of sulfone groups is 1. The lowest BCUT2D eigenvalue weighted by molar-refractivity contribution is -0.438. The third-order valence-electron chi connectivity index (χ3n) is 12.8. The van der Waals surface area contributed by atoms with Gasteiger partial charge in [0.05, 0.1) is 16.9 Å². The average Bonchev–Trinajstić information content (AvgIpc) is 3.78. The number of benzene rings is 4. The molecule has 340 valence electrons. The van der Waals surface area contributed by atoms with E-state index in [2.05, 4.69) is 128 Å². The number of carbonyl (C=O) groups is 1. The molecular weight excluding hydrogens is 843 g/mol. The number of likely N-dealkylation sites (N-methyl/N-ethyl adjacent to an activating group) is 1. The molecule has 0 atom stereocenters. The minimum atomic E-state index is -4.08. The van der Waals surface area contributed by atoms with Crippen LogP contribution in [0.3, 0.4) is 0 Å². The fourth-order valence-electron chi connectivity index (χ4n) is 9.99. The minimum Gasteiger partial charge on any atom is -0.443 e. The fourth-order valence-corrected chi connectivity index (χ4v) is 11.3. The van der Waals surface area contributed by atoms with Crippen LogP contribution in [0.5, 0.6) is 0 Å². The van der Waals surface area contributed by atoms with E-state index in [1.807, 2.05) is 26.8 Å². The predicted molar refractivity (Wildman–Crippen MR) is 261 cm³/mol. The maximum atomic E-state index is 13.9. The molecule has 64 heavy (non-hydrogen) atoms. The van der Waals surface area contributed by atoms with E-state index in [0.717, 1.165) is 50.4 Å². The zero-order valence-corrected chi connectivity index (χ0v) is 40.5. The Hall–Kier alpha value is -5.04. The summed E-state index contributed by atoms with van der Waals surface area (Å²) in [6.07, 6.45) is 13.0. The molecule has 2 heterocycles. The van der Waals surface area contributed by atoms with Crippen LogP contribution in [-0.4, -0.2) is 86.2 Å². The Morgan fingerprint density at radius 1 is 0.797 bits per heavy atom. The van der Waals surface area contributed by atoms with Crippen molar-refractivity contribution in [1.29, 1.82) is 0 Å². The van der Waals surface area contributed by atoms with Crippen molar-refractivity contribution in [3.8, 4) is 0 Å². The number of hydrogen-bond acceptors (Lipinski definition) is 7. The highest BCUT2D eigenvalue weighted by molar-refractivity contribution is 7.90. The van der Waals surface area contributed by atoms with Crippen molar-refractivity contribution in [1.82, 2.24) is 4.90 Å². The second-order valence-electron chi connectivity index (χ2n) is 19.6. The number of nitrogens with zero attached hydrogens (tertiary/aromatic N) is 3. The molecule has 0 spiro atoms. The van der Waals surface area contributed by atoms with Gasteiger partial charge in [-0.25, -0.2) is 13.2 Å². The lowest BCUT2D eigenvalue weighted by atomic mass is 9.79. The van der Waals surface area contributed by atoms with Gasteiger partial charge in [-0.2, -0.15) is 13.0 Å². The highest BCUT2D eigenvalue weighted by atomic mass is 32.2. The summed E-state index contributed by atoms with van der Waals surface area (Å²) in [4.78, 5) is 17.9. The first-order valence-corrected chi connectivity index (χ1v) is 26.0. The number of carbonyl (C=O) groups excluding carboxylic acids is 1. The summed E-state index contributed by atoms with van der Waals surface area (Å²) in [6.45, 7) is 15.8. The molecule has 1 amide bonds. The number of allylic oxidation sites excluding steroid dienone is 7. The van der Waals surface area contributed by atoms with E-state index < -0.39 is 37.1 Å². The molecule has 1 N–H and O–H groups in total. The maximum absolute atomic E-state index is 13.9. The van der Waals surface area contributed by atoms with Crippen LogP contribution in [0.1, 0.15) is 98.1 Å². The molecule has 0 radical (unpaired) electrons. The Bertz CT molecular complexity index is 2890. The van der Waals surface area contributed by atoms with Gasteiger partial charge in [-0.15, -0.1) is 0 Å². The summed E-state index contributed by atoms with van der Waals surface area (Å²) < 4.78 is 65.1. The van der Waals surface area contributed by atoms with Crippen molar-refractivity contribution in [3.05, 3.63) is 131 Å². The summed E-state index contributed by atoms with van der Waals surface area (Å²) in [6, 6.07) is 25.4. The molecule has 0 unspecified atom stereocenters. The first-order valence-electron chi connectivity index (χ1n) is 22.4. The van der Waals surface area contributed by atoms with Crippen LogP contribution in [-0.2, 0) is 35.5 Å². The van der Waals surface area contributed by atoms with E-state index in [9.17, 15) is 26.2 Å². The van der Waals surface area contributed by atoms with Crippen LogP contribution in [0.25, 0.3) is 21.5 Å². The van der Waals surface area contributed by atoms with Crippen molar-refractivity contribution in [2.75, 3.05) is 42.8 Å². The summed E-state index contributed by atoms with van der Waals surface area (Å²) in [5, 5.41) is 4.66. The maximum Gasteiger partial charge on any atom is 0.414 e. The Balaban J connectivity index is 1.33. The van der Waals surface area contributed by atoms with E-state index in [-0.39, 0.29) is 16.9 Å². The standard InChI is InChI=1S/C52H63N3O7S2/c1-50(2,3)62-49(56)53(8)48-38(26-30-44-51(4,5)46-40-20-12-10-18-36(40)24-28-42(46)54(44)32-14-16-34-63(9,57)58)22-23-39(48)27-31-45-52(6,7)47-41-21-13-11-19-37(41)25-29-43(47)55(45)33-15-17-35-64(59,60)61/h10-13,18-21,24-31H,14-17,22-23,32-35H2,1-9H3/p+1. The zero-order chi connectivity index (χ0) is 46.4. The van der Waals surface area contributed by atoms with Gasteiger partial charge in [0, 0.05) is 66.5 Å². The van der Waals surface area contributed by atoms with Crippen molar-refractivity contribution in [3.63, 3.8) is 0 Å². The highest BCUT2D eigenvalue weighted by Gasteiger charge is 2.46. The van der Waals surface area contributed by atoms with Crippen LogP contribution in [0, 0.1) is 0 Å². The van der Waals surface area contributed by atoms with Crippen molar-refractivity contribution < 1.29 is 35.5 Å². The first-order chi connectivity index (χ1) is 30.0. The van der Waals surface area contributed by atoms with Crippen LogP contribution in [0.2, 0.25) is 0 Å². The number of amides is 1. The van der Waals surface area contributed by atoms with Gasteiger partial charge in [0.15, 0.2) is 5.71 Å². The van der Waals surface area contributed by atoms with Crippen molar-refractivity contribution >= 4 is 64.7 Å². The number of hydrogen-bond donors (Lipinski definition) is 1. The van der Waals surface area contributed by atoms with Gasteiger partial charge in [0.25, 0.3) is 10.1 Å². The third-order valence-corrected chi connectivity index (χ3v) is 14.7. The van der Waals surface area contributed by atoms with E-state index in [4.69, 9.17) is 4.74 Å². The highest BCUT2D eigenvalue weighted by Crippen LogP contribution is 2.51. The summed E-state index contributed by atoms with van der Waals surface area (Å²) in [7, 11) is -5.39. The number of unbranched alkanes of at least 4 members (excludes halogenated alkanes) is 2. The molecule has 0 bridgehead atoms. The average molecular weight is 907 g/mol. The lowest BCUT2D eigenvalue weighted by Crippen LogP contribution is -2.34. The molecule has 4 aromatic rings. The number of rotatable bonds is 14. The molecule has 0 saturated carbocycles. The van der Waals surface area contributed by atoms with E-state index in [0.29, 0.717) is 51.6 Å². The summed E-state index contributed by atoms with van der Waals surface area (Å²) >= 11 is 0. The number of fused-ring (bicyclic) bond motifs is 6. The molecule has 10 nitrogen and oxygen atoms in total. The van der Waals surface area contributed by atoms with Crippen molar-refractivity contribution in [2.24, 2.45) is 0 Å². The van der Waals surface area contributed by atoms with E-state index >= 15 is 0 Å². The fraction of sp³-hybridized carbons (Fsp3) is 0.423. The smallest absolute Gasteiger partial charge is 0.414 e. The van der Waals surface area contributed by atoms with Gasteiger partial charge in [-0.1, -0.05) is 80.6 Å². The largest absolute Gasteiger partial charge is 0.443 e. The van der Waals surface area contributed by atoms with Crippen molar-refractivity contribution in [2.45, 2.75) is 103 Å². The molecule has 3 aliphatic rings. The third kappa shape index (κ3) is 9.79. The van der Waals surface area contributed by atoms with Crippen LogP contribution in [0.4, 0.5) is 16.2 Å². The summed E-state index contributed by atoms with van der Waals surface area (Å²) in [5.74, 6) is -0.149. The Labute approximate surface area is 380 Å². The van der Waals surface area contributed by atoms with E-state index in [1.165, 1.54) is 28.2 Å². The Kier molecular flexibility index (Phi) is 13.0. The molecule has 0 aromatic heterocycles. The summed E-state index contributed by atoms with van der Waals surface area (Å²) in [5.41, 5.74) is 8.06. The van der Waals surface area contributed by atoms with E-state index in [1.54, 1.807) is 11.9 Å². The molecule has 4 aromatic carbocycles. The zero-order valence-electron chi connectivity index (χ0n) is 38.9. The predicted octanol–water partition coefficient (Wildman–Crippen LogP) is 10.9. The van der Waals surface area contributed by atoms with Gasteiger partial charge < -0.3 is 9.64 Å². The normalized spacial score (nSPS) is 18.6. The topological polar surface area (TPSA) is 124 Å². The van der Waals surface area contributed by atoms with Gasteiger partial charge in [-0.05, 0) is 123 Å².